The second-order valence-corrected chi connectivity index (χ2v) is 6.41. The zero-order valence-electron chi connectivity index (χ0n) is 15.7. The Bertz CT molecular complexity index is 1060. The maximum atomic E-state index is 14.6. The van der Waals surface area contributed by atoms with Crippen LogP contribution in [0, 0.1) is 12.7 Å². The lowest BCUT2D eigenvalue weighted by Gasteiger charge is -2.14. The first kappa shape index (κ1) is 20.6. The Morgan fingerprint density at radius 1 is 1.14 bits per heavy atom. The highest BCUT2D eigenvalue weighted by Crippen LogP contribution is 2.28. The lowest BCUT2D eigenvalue weighted by Crippen LogP contribution is -2.20. The van der Waals surface area contributed by atoms with Crippen LogP contribution in [0.15, 0.2) is 42.6 Å². The molecule has 0 aliphatic carbocycles. The minimum absolute atomic E-state index is 0. The molecular formula is C20H20ClFN6O. The van der Waals surface area contributed by atoms with Crippen LogP contribution in [-0.2, 0) is 0 Å². The fourth-order valence-corrected chi connectivity index (χ4v) is 2.91. The Kier molecular flexibility index (Phi) is 6.36. The molecule has 0 fully saturated rings. The Morgan fingerprint density at radius 3 is 2.72 bits per heavy atom. The molecule has 0 spiro atoms. The van der Waals surface area contributed by atoms with E-state index < -0.39 is 5.82 Å². The van der Waals surface area contributed by atoms with E-state index >= 15 is 0 Å². The van der Waals surface area contributed by atoms with Gasteiger partial charge in [0.2, 0.25) is 0 Å². The van der Waals surface area contributed by atoms with Gasteiger partial charge in [-0.2, -0.15) is 0 Å². The summed E-state index contributed by atoms with van der Waals surface area (Å²) >= 11 is 0. The van der Waals surface area contributed by atoms with Crippen molar-refractivity contribution in [3.63, 3.8) is 0 Å². The highest BCUT2D eigenvalue weighted by molar-refractivity contribution is 5.85. The number of ether oxygens (including phenoxy) is 1. The Balaban J connectivity index is 0.00000240. The minimum Gasteiger partial charge on any atom is -0.421 e. The summed E-state index contributed by atoms with van der Waals surface area (Å²) in [5, 5.41) is 3.26. The van der Waals surface area contributed by atoms with Gasteiger partial charge in [0.15, 0.2) is 17.4 Å². The van der Waals surface area contributed by atoms with E-state index in [9.17, 15) is 4.39 Å². The van der Waals surface area contributed by atoms with E-state index in [1.807, 2.05) is 0 Å². The van der Waals surface area contributed by atoms with Gasteiger partial charge in [0.1, 0.15) is 5.82 Å². The number of anilines is 1. The number of nitrogens with zero attached hydrogens (tertiary/aromatic N) is 4. The molecule has 0 bridgehead atoms. The van der Waals surface area contributed by atoms with Crippen LogP contribution in [0.2, 0.25) is 0 Å². The van der Waals surface area contributed by atoms with Crippen molar-refractivity contribution >= 4 is 23.8 Å². The first-order valence-electron chi connectivity index (χ1n) is 8.90. The molecule has 1 aromatic carbocycles. The largest absolute Gasteiger partial charge is 0.421 e. The highest BCUT2D eigenvalue weighted by atomic mass is 35.5. The molecule has 0 unspecified atom stereocenters. The van der Waals surface area contributed by atoms with Crippen molar-refractivity contribution in [1.29, 1.82) is 0 Å². The molecule has 9 heteroatoms. The second kappa shape index (κ2) is 8.93. The van der Waals surface area contributed by atoms with Crippen molar-refractivity contribution in [2.24, 2.45) is 0 Å². The first-order chi connectivity index (χ1) is 13.6. The van der Waals surface area contributed by atoms with Crippen molar-refractivity contribution in [3.8, 4) is 23.1 Å². The number of hydrogen-bond acceptors (Lipinski definition) is 7. The lowest BCUT2D eigenvalue weighted by molar-refractivity contribution is 0.410. The molecule has 3 heterocycles. The Morgan fingerprint density at radius 2 is 2.00 bits per heavy atom. The second-order valence-electron chi connectivity index (χ2n) is 6.41. The van der Waals surface area contributed by atoms with Crippen molar-refractivity contribution in [3.05, 3.63) is 59.8 Å². The van der Waals surface area contributed by atoms with E-state index in [0.717, 1.165) is 36.5 Å². The number of benzene rings is 1. The van der Waals surface area contributed by atoms with Gasteiger partial charge >= 0.3 is 6.01 Å². The molecule has 3 N–H and O–H groups in total. The SMILES string of the molecule is Cc1ccnc(Oc2ccc(-c3nc(N)cc(C4=CCNCC4)n3)cc2F)n1.Cl. The van der Waals surface area contributed by atoms with Gasteiger partial charge in [-0.3, -0.25) is 0 Å². The van der Waals surface area contributed by atoms with Crippen LogP contribution in [0.5, 0.6) is 11.8 Å². The van der Waals surface area contributed by atoms with Crippen LogP contribution < -0.4 is 15.8 Å². The smallest absolute Gasteiger partial charge is 0.322 e. The molecule has 1 aliphatic rings. The maximum absolute atomic E-state index is 14.6. The van der Waals surface area contributed by atoms with E-state index in [1.54, 1.807) is 31.3 Å². The summed E-state index contributed by atoms with van der Waals surface area (Å²) in [7, 11) is 0. The molecule has 2 aromatic heterocycles. The Labute approximate surface area is 173 Å². The first-order valence-corrected chi connectivity index (χ1v) is 8.90. The molecular weight excluding hydrogens is 395 g/mol. The standard InChI is InChI=1S/C20H19FN6O.ClH/c1-12-4-9-24-20(25-12)28-17-3-2-14(10-15(17)21)19-26-16(11-18(22)27-19)13-5-7-23-8-6-13;/h2-5,9-11,23H,6-8H2,1H3,(H2,22,26,27);1H. The van der Waals surface area contributed by atoms with Gasteiger partial charge in [-0.05, 0) is 49.7 Å². The Hall–Kier alpha value is -3.10. The summed E-state index contributed by atoms with van der Waals surface area (Å²) < 4.78 is 20.0. The summed E-state index contributed by atoms with van der Waals surface area (Å²) in [5.41, 5.74) is 9.07. The number of hydrogen-bond donors (Lipinski definition) is 2. The van der Waals surface area contributed by atoms with Gasteiger partial charge < -0.3 is 15.8 Å². The third kappa shape index (κ3) is 4.85. The molecule has 7 nitrogen and oxygen atoms in total. The molecule has 0 atom stereocenters. The van der Waals surface area contributed by atoms with Gasteiger partial charge in [0, 0.05) is 30.1 Å². The highest BCUT2D eigenvalue weighted by Gasteiger charge is 2.14. The van der Waals surface area contributed by atoms with Crippen molar-refractivity contribution in [1.82, 2.24) is 25.3 Å². The third-order valence-corrected chi connectivity index (χ3v) is 4.30. The van der Waals surface area contributed by atoms with Crippen LogP contribution in [0.25, 0.3) is 17.0 Å². The lowest BCUT2D eigenvalue weighted by atomic mass is 10.1. The number of halogens is 2. The predicted molar refractivity (Wildman–Crippen MR) is 111 cm³/mol. The summed E-state index contributed by atoms with van der Waals surface area (Å²) in [6.07, 6.45) is 4.49. The minimum atomic E-state index is -0.559. The van der Waals surface area contributed by atoms with E-state index in [-0.39, 0.29) is 24.2 Å². The van der Waals surface area contributed by atoms with Gasteiger partial charge in [0.25, 0.3) is 0 Å². The maximum Gasteiger partial charge on any atom is 0.322 e. The van der Waals surface area contributed by atoms with Gasteiger partial charge in [0.05, 0.1) is 5.69 Å². The molecule has 3 aromatic rings. The summed E-state index contributed by atoms with van der Waals surface area (Å²) in [5.74, 6) is 0.177. The van der Waals surface area contributed by atoms with Crippen LogP contribution in [0.3, 0.4) is 0 Å². The van der Waals surface area contributed by atoms with Crippen molar-refractivity contribution in [2.75, 3.05) is 18.8 Å². The number of nitrogen functional groups attached to an aromatic ring is 1. The fraction of sp³-hybridized carbons (Fsp3) is 0.200. The monoisotopic (exact) mass is 414 g/mol. The molecule has 150 valence electrons. The van der Waals surface area contributed by atoms with E-state index in [2.05, 4.69) is 31.3 Å². The molecule has 0 saturated carbocycles. The number of nitrogens with one attached hydrogen (secondary N) is 1. The summed E-state index contributed by atoms with van der Waals surface area (Å²) in [4.78, 5) is 16.9. The van der Waals surface area contributed by atoms with Crippen LogP contribution in [-0.4, -0.2) is 33.0 Å². The van der Waals surface area contributed by atoms with Crippen molar-refractivity contribution in [2.45, 2.75) is 13.3 Å². The zero-order valence-corrected chi connectivity index (χ0v) is 16.5. The number of rotatable bonds is 4. The molecule has 0 saturated heterocycles. The summed E-state index contributed by atoms with van der Waals surface area (Å²) in [6.45, 7) is 3.48. The van der Waals surface area contributed by atoms with Crippen LogP contribution in [0.4, 0.5) is 10.2 Å². The topological polar surface area (TPSA) is 98.8 Å². The van der Waals surface area contributed by atoms with Gasteiger partial charge in [-0.25, -0.2) is 24.3 Å². The summed E-state index contributed by atoms with van der Waals surface area (Å²) in [6, 6.07) is 8.07. The molecule has 4 rings (SSSR count). The van der Waals surface area contributed by atoms with E-state index in [4.69, 9.17) is 10.5 Å². The quantitative estimate of drug-likeness (QED) is 0.673. The normalized spacial score (nSPS) is 13.4. The molecule has 29 heavy (non-hydrogen) atoms. The molecule has 0 amide bonds. The van der Waals surface area contributed by atoms with Gasteiger partial charge in [-0.15, -0.1) is 12.4 Å². The van der Waals surface area contributed by atoms with E-state index in [0.29, 0.717) is 17.2 Å². The predicted octanol–water partition coefficient (Wildman–Crippen LogP) is 3.55. The number of aryl methyl sites for hydroxylation is 1. The van der Waals surface area contributed by atoms with Gasteiger partial charge in [-0.1, -0.05) is 6.08 Å². The average Bonchev–Trinajstić information content (AvgIpc) is 2.70. The third-order valence-electron chi connectivity index (χ3n) is 4.30. The van der Waals surface area contributed by atoms with Crippen LogP contribution in [0.1, 0.15) is 17.8 Å². The van der Waals surface area contributed by atoms with E-state index in [1.165, 1.54) is 12.1 Å². The number of aromatic nitrogens is 4. The number of nitrogens with two attached hydrogens (primary N) is 1. The zero-order chi connectivity index (χ0) is 19.5. The molecule has 1 aliphatic heterocycles. The van der Waals surface area contributed by atoms with Crippen LogP contribution >= 0.6 is 12.4 Å². The fourth-order valence-electron chi connectivity index (χ4n) is 2.91. The average molecular weight is 415 g/mol. The molecule has 0 radical (unpaired) electrons. The van der Waals surface area contributed by atoms with Crippen molar-refractivity contribution < 1.29 is 9.13 Å².